The average Bonchev–Trinajstić information content (AvgIpc) is 2.71. The Morgan fingerprint density at radius 1 is 1.10 bits per heavy atom. The maximum Gasteiger partial charge on any atom is 0.225 e. The molecule has 4 rings (SSSR count). The fourth-order valence-electron chi connectivity index (χ4n) is 4.23. The van der Waals surface area contributed by atoms with Gasteiger partial charge in [-0.2, -0.15) is 0 Å². The molecule has 0 spiro atoms. The Kier molecular flexibility index (Phi) is 7.08. The third-order valence-corrected chi connectivity index (χ3v) is 6.59. The molecule has 1 amide bonds. The van der Waals surface area contributed by atoms with E-state index < -0.39 is 0 Å². The number of amides is 1. The summed E-state index contributed by atoms with van der Waals surface area (Å²) in [6.07, 6.45) is 3.32. The molecular weight excluding hydrogens is 396 g/mol. The summed E-state index contributed by atoms with van der Waals surface area (Å²) in [5.74, 6) is 0.655. The summed E-state index contributed by atoms with van der Waals surface area (Å²) in [6.45, 7) is 6.94. The van der Waals surface area contributed by atoms with E-state index in [0.29, 0.717) is 12.5 Å². The molecule has 1 heterocycles. The number of hydrogen-bond acceptors (Lipinski definition) is 3. The van der Waals surface area contributed by atoms with Gasteiger partial charge < -0.3 is 9.64 Å². The Morgan fingerprint density at radius 3 is 2.47 bits per heavy atom. The molecule has 5 heteroatoms. The summed E-state index contributed by atoms with van der Waals surface area (Å²) in [4.78, 5) is 17.0. The van der Waals surface area contributed by atoms with Gasteiger partial charge in [-0.25, -0.2) is 0 Å². The van der Waals surface area contributed by atoms with Gasteiger partial charge in [-0.05, 0) is 43.0 Å². The molecule has 2 fully saturated rings. The smallest absolute Gasteiger partial charge is 0.225 e. The van der Waals surface area contributed by atoms with Gasteiger partial charge in [0.05, 0.1) is 12.7 Å². The molecule has 1 saturated carbocycles. The fourth-order valence-corrected chi connectivity index (χ4v) is 4.36. The van der Waals surface area contributed by atoms with E-state index in [1.165, 1.54) is 17.5 Å². The highest BCUT2D eigenvalue weighted by atomic mass is 35.5. The summed E-state index contributed by atoms with van der Waals surface area (Å²) >= 11 is 6.10. The number of ether oxygens (including phenoxy) is 1. The Hall–Kier alpha value is -1.88. The summed E-state index contributed by atoms with van der Waals surface area (Å²) in [5, 5.41) is 0.735. The molecule has 4 nitrogen and oxygen atoms in total. The van der Waals surface area contributed by atoms with Crippen molar-refractivity contribution in [2.75, 3.05) is 32.7 Å². The van der Waals surface area contributed by atoms with Crippen LogP contribution < -0.4 is 0 Å². The lowest BCUT2D eigenvalue weighted by molar-refractivity contribution is -0.140. The van der Waals surface area contributed by atoms with Crippen LogP contribution >= 0.6 is 11.6 Å². The molecule has 1 saturated heterocycles. The van der Waals surface area contributed by atoms with Crippen molar-refractivity contribution < 1.29 is 9.53 Å². The van der Waals surface area contributed by atoms with Crippen molar-refractivity contribution >= 4 is 17.5 Å². The standard InChI is InChI=1S/C25H31ClN2O2/c1-19-4-2-5-20(16-19)18-30-24(21-8-10-23(26)11-9-21)17-27-12-14-28(15-13-27)25(29)22-6-3-7-22/h2,4-5,8-11,16,22,24H,3,6-7,12-15,17-18H2,1H3. The van der Waals surface area contributed by atoms with Crippen molar-refractivity contribution in [1.82, 2.24) is 9.80 Å². The van der Waals surface area contributed by atoms with Crippen LogP contribution in [0.4, 0.5) is 0 Å². The van der Waals surface area contributed by atoms with Crippen LogP contribution in [-0.2, 0) is 16.1 Å². The molecule has 2 aromatic carbocycles. The molecule has 1 unspecified atom stereocenters. The largest absolute Gasteiger partial charge is 0.368 e. The summed E-state index contributed by atoms with van der Waals surface area (Å²) in [7, 11) is 0. The minimum absolute atomic E-state index is 0.0309. The first-order valence-corrected chi connectivity index (χ1v) is 11.4. The molecule has 30 heavy (non-hydrogen) atoms. The molecule has 2 aromatic rings. The van der Waals surface area contributed by atoms with Gasteiger partial charge in [-0.1, -0.05) is 60.0 Å². The number of carbonyl (C=O) groups excluding carboxylic acids is 1. The van der Waals surface area contributed by atoms with Gasteiger partial charge in [0.2, 0.25) is 5.91 Å². The maximum absolute atomic E-state index is 12.5. The van der Waals surface area contributed by atoms with Gasteiger partial charge in [0.25, 0.3) is 0 Å². The van der Waals surface area contributed by atoms with E-state index >= 15 is 0 Å². The Bertz CT molecular complexity index is 842. The van der Waals surface area contributed by atoms with E-state index in [-0.39, 0.29) is 12.0 Å². The second-order valence-corrected chi connectivity index (χ2v) is 9.03. The van der Waals surface area contributed by atoms with Crippen LogP contribution in [0.5, 0.6) is 0 Å². The van der Waals surface area contributed by atoms with Gasteiger partial charge in [0, 0.05) is 43.7 Å². The van der Waals surface area contributed by atoms with Gasteiger partial charge in [0.15, 0.2) is 0 Å². The zero-order valence-corrected chi connectivity index (χ0v) is 18.5. The minimum atomic E-state index is -0.0309. The summed E-state index contributed by atoms with van der Waals surface area (Å²) < 4.78 is 6.39. The number of rotatable bonds is 7. The summed E-state index contributed by atoms with van der Waals surface area (Å²) in [5.41, 5.74) is 3.57. The lowest BCUT2D eigenvalue weighted by Gasteiger charge is -2.39. The van der Waals surface area contributed by atoms with E-state index in [0.717, 1.165) is 56.2 Å². The first kappa shape index (κ1) is 21.4. The van der Waals surface area contributed by atoms with E-state index in [9.17, 15) is 4.79 Å². The molecule has 160 valence electrons. The minimum Gasteiger partial charge on any atom is -0.368 e. The van der Waals surface area contributed by atoms with Crippen molar-refractivity contribution in [2.45, 2.75) is 38.9 Å². The predicted molar refractivity (Wildman–Crippen MR) is 121 cm³/mol. The van der Waals surface area contributed by atoms with Gasteiger partial charge in [0.1, 0.15) is 0 Å². The van der Waals surface area contributed by atoms with Crippen LogP contribution in [-0.4, -0.2) is 48.4 Å². The van der Waals surface area contributed by atoms with Gasteiger partial charge in [-0.3, -0.25) is 9.69 Å². The van der Waals surface area contributed by atoms with Crippen molar-refractivity contribution in [2.24, 2.45) is 5.92 Å². The van der Waals surface area contributed by atoms with Crippen LogP contribution in [0.25, 0.3) is 0 Å². The summed E-state index contributed by atoms with van der Waals surface area (Å²) in [6, 6.07) is 16.4. The first-order valence-electron chi connectivity index (χ1n) is 11.0. The molecular formula is C25H31ClN2O2. The number of piperazine rings is 1. The second kappa shape index (κ2) is 9.95. The normalized spacial score (nSPS) is 18.8. The third-order valence-electron chi connectivity index (χ3n) is 6.34. The predicted octanol–water partition coefficient (Wildman–Crippen LogP) is 4.85. The number of aryl methyl sites for hydroxylation is 1. The number of nitrogens with zero attached hydrogens (tertiary/aromatic N) is 2. The van der Waals surface area contributed by atoms with E-state index in [1.54, 1.807) is 0 Å². The van der Waals surface area contributed by atoms with Crippen molar-refractivity contribution in [3.05, 3.63) is 70.2 Å². The van der Waals surface area contributed by atoms with Gasteiger partial charge in [-0.15, -0.1) is 0 Å². The lowest BCUT2D eigenvalue weighted by atomic mass is 9.84. The van der Waals surface area contributed by atoms with Crippen LogP contribution in [0.15, 0.2) is 48.5 Å². The number of carbonyl (C=O) groups is 1. The molecule has 0 aromatic heterocycles. The van der Waals surface area contributed by atoms with Crippen molar-refractivity contribution in [3.8, 4) is 0 Å². The first-order chi connectivity index (χ1) is 14.6. The molecule has 1 aliphatic heterocycles. The zero-order valence-electron chi connectivity index (χ0n) is 17.7. The highest BCUT2D eigenvalue weighted by Crippen LogP contribution is 2.29. The SMILES string of the molecule is Cc1cccc(COC(CN2CCN(C(=O)C3CCC3)CC2)c2ccc(Cl)cc2)c1. The molecule has 0 N–H and O–H groups in total. The number of halogens is 1. The van der Waals surface area contributed by atoms with Crippen molar-refractivity contribution in [3.63, 3.8) is 0 Å². The van der Waals surface area contributed by atoms with Crippen LogP contribution in [0.3, 0.4) is 0 Å². The molecule has 1 aliphatic carbocycles. The van der Waals surface area contributed by atoms with Crippen LogP contribution in [0, 0.1) is 12.8 Å². The fraction of sp³-hybridized carbons (Fsp3) is 0.480. The molecule has 0 bridgehead atoms. The van der Waals surface area contributed by atoms with E-state index in [1.807, 2.05) is 12.1 Å². The van der Waals surface area contributed by atoms with Crippen LogP contribution in [0.2, 0.25) is 5.02 Å². The number of hydrogen-bond donors (Lipinski definition) is 0. The lowest BCUT2D eigenvalue weighted by Crippen LogP contribution is -2.51. The number of benzene rings is 2. The van der Waals surface area contributed by atoms with E-state index in [4.69, 9.17) is 16.3 Å². The highest BCUT2D eigenvalue weighted by Gasteiger charge is 2.31. The maximum atomic E-state index is 12.5. The Balaban J connectivity index is 1.37. The zero-order chi connectivity index (χ0) is 20.9. The topological polar surface area (TPSA) is 32.8 Å². The highest BCUT2D eigenvalue weighted by molar-refractivity contribution is 6.30. The van der Waals surface area contributed by atoms with Gasteiger partial charge >= 0.3 is 0 Å². The second-order valence-electron chi connectivity index (χ2n) is 8.59. The Labute approximate surface area is 184 Å². The van der Waals surface area contributed by atoms with Crippen LogP contribution in [0.1, 0.15) is 42.1 Å². The quantitative estimate of drug-likeness (QED) is 0.634. The average molecular weight is 427 g/mol. The van der Waals surface area contributed by atoms with Crippen molar-refractivity contribution in [1.29, 1.82) is 0 Å². The molecule has 2 aliphatic rings. The Morgan fingerprint density at radius 2 is 1.83 bits per heavy atom. The van der Waals surface area contributed by atoms with E-state index in [2.05, 4.69) is 53.1 Å². The molecule has 1 atom stereocenters. The molecule has 0 radical (unpaired) electrons. The third kappa shape index (κ3) is 5.42. The monoisotopic (exact) mass is 426 g/mol.